The Kier molecular flexibility index (Phi) is 8.66. The average molecular weight is 432 g/mol. The monoisotopic (exact) mass is 431 g/mol. The van der Waals surface area contributed by atoms with Crippen molar-refractivity contribution in [2.24, 2.45) is 5.92 Å². The number of nitrogens with zero attached hydrogens (tertiary/aromatic N) is 1. The highest BCUT2D eigenvalue weighted by Gasteiger charge is 2.61. The normalized spacial score (nSPS) is 25.2. The van der Waals surface area contributed by atoms with E-state index in [1.165, 1.54) is 11.0 Å². The van der Waals surface area contributed by atoms with Gasteiger partial charge in [0.25, 0.3) is 0 Å². The van der Waals surface area contributed by atoms with Crippen molar-refractivity contribution in [3.8, 4) is 12.3 Å². The number of carbonyl (C=O) groups excluding carboxylic acids is 3. The summed E-state index contributed by atoms with van der Waals surface area (Å²) in [6, 6.07) is -1.45. The molecule has 0 aromatic heterocycles. The number of carboxylic acids is 1. The number of aliphatic carboxylic acids is 1. The van der Waals surface area contributed by atoms with E-state index >= 15 is 0 Å². The van der Waals surface area contributed by atoms with Gasteiger partial charge in [0.1, 0.15) is 17.6 Å². The van der Waals surface area contributed by atoms with E-state index in [0.717, 1.165) is 12.8 Å². The molecule has 8 nitrogen and oxygen atoms in total. The Balaban J connectivity index is 2.06. The number of likely N-dealkylation sites (tertiary alicyclic amines) is 1. The molecule has 170 valence electrons. The molecule has 0 aromatic carbocycles. The number of rotatable bonds is 12. The molecule has 0 spiro atoms. The Labute approximate surface area is 183 Å². The van der Waals surface area contributed by atoms with Gasteiger partial charge in [-0.15, -0.1) is 18.9 Å². The molecule has 2 aliphatic rings. The van der Waals surface area contributed by atoms with Crippen LogP contribution in [0, 0.1) is 18.3 Å². The van der Waals surface area contributed by atoms with Gasteiger partial charge in [0.2, 0.25) is 17.7 Å². The van der Waals surface area contributed by atoms with Crippen LogP contribution in [0.4, 0.5) is 0 Å². The van der Waals surface area contributed by atoms with E-state index in [4.69, 9.17) is 6.42 Å². The fourth-order valence-corrected chi connectivity index (χ4v) is 4.11. The molecule has 2 rings (SSSR count). The maximum Gasteiger partial charge on any atom is 0.330 e. The van der Waals surface area contributed by atoms with Crippen LogP contribution in [0.15, 0.2) is 12.7 Å². The zero-order valence-electron chi connectivity index (χ0n) is 18.2. The van der Waals surface area contributed by atoms with Crippen LogP contribution in [0.5, 0.6) is 0 Å². The molecule has 1 aliphatic carbocycles. The van der Waals surface area contributed by atoms with E-state index in [1.54, 1.807) is 0 Å². The van der Waals surface area contributed by atoms with Gasteiger partial charge in [-0.2, -0.15) is 0 Å². The van der Waals surface area contributed by atoms with Crippen molar-refractivity contribution in [3.63, 3.8) is 0 Å². The van der Waals surface area contributed by atoms with E-state index in [9.17, 15) is 24.3 Å². The van der Waals surface area contributed by atoms with Crippen LogP contribution < -0.4 is 10.6 Å². The predicted octanol–water partition coefficient (Wildman–Crippen LogP) is 1.60. The van der Waals surface area contributed by atoms with Crippen LogP contribution in [0.3, 0.4) is 0 Å². The molecule has 3 N–H and O–H groups in total. The number of terminal acetylenes is 1. The largest absolute Gasteiger partial charge is 0.479 e. The fourth-order valence-electron chi connectivity index (χ4n) is 4.11. The summed E-state index contributed by atoms with van der Waals surface area (Å²) in [7, 11) is 0. The Bertz CT molecular complexity index is 759. The molecule has 2 fully saturated rings. The molecule has 0 bridgehead atoms. The Morgan fingerprint density at radius 2 is 2.10 bits per heavy atom. The zero-order valence-corrected chi connectivity index (χ0v) is 18.2. The van der Waals surface area contributed by atoms with Crippen molar-refractivity contribution in [1.82, 2.24) is 15.5 Å². The summed E-state index contributed by atoms with van der Waals surface area (Å²) in [6.45, 7) is 6.02. The maximum atomic E-state index is 13.2. The maximum absolute atomic E-state index is 13.2. The first-order valence-electron chi connectivity index (χ1n) is 11.0. The highest BCUT2D eigenvalue weighted by molar-refractivity contribution is 5.96. The smallest absolute Gasteiger partial charge is 0.330 e. The highest BCUT2D eigenvalue weighted by Crippen LogP contribution is 2.44. The molecule has 4 atom stereocenters. The van der Waals surface area contributed by atoms with E-state index in [1.807, 2.05) is 6.92 Å². The first-order valence-corrected chi connectivity index (χ1v) is 11.0. The highest BCUT2D eigenvalue weighted by atomic mass is 16.4. The van der Waals surface area contributed by atoms with Crippen molar-refractivity contribution in [1.29, 1.82) is 0 Å². The van der Waals surface area contributed by atoms with Gasteiger partial charge < -0.3 is 20.6 Å². The molecule has 1 saturated carbocycles. The van der Waals surface area contributed by atoms with Crippen molar-refractivity contribution >= 4 is 23.7 Å². The third kappa shape index (κ3) is 5.87. The summed E-state index contributed by atoms with van der Waals surface area (Å²) in [5.74, 6) is 0.0770. The second-order valence-corrected chi connectivity index (χ2v) is 8.32. The van der Waals surface area contributed by atoms with Gasteiger partial charge in [-0.05, 0) is 32.1 Å². The summed E-state index contributed by atoms with van der Waals surface area (Å²) in [5.41, 5.74) is -1.33. The first-order chi connectivity index (χ1) is 14.8. The summed E-state index contributed by atoms with van der Waals surface area (Å²) in [6.07, 6.45) is 11.5. The van der Waals surface area contributed by atoms with E-state index in [-0.39, 0.29) is 24.2 Å². The van der Waals surface area contributed by atoms with Gasteiger partial charge >= 0.3 is 5.97 Å². The van der Waals surface area contributed by atoms with Crippen LogP contribution in [0.25, 0.3) is 0 Å². The number of unbranched alkanes of at least 4 members (excludes halogenated alkanes) is 2. The number of hydrogen-bond donors (Lipinski definition) is 3. The van der Waals surface area contributed by atoms with Gasteiger partial charge in [-0.25, -0.2) is 4.79 Å². The number of hydrogen-bond acceptors (Lipinski definition) is 4. The topological polar surface area (TPSA) is 116 Å². The van der Waals surface area contributed by atoms with Crippen molar-refractivity contribution in [2.45, 2.75) is 82.3 Å². The molecule has 8 heteroatoms. The van der Waals surface area contributed by atoms with E-state index in [2.05, 4.69) is 23.1 Å². The Hall–Kier alpha value is -2.82. The van der Waals surface area contributed by atoms with E-state index < -0.39 is 29.5 Å². The van der Waals surface area contributed by atoms with Gasteiger partial charge in [-0.1, -0.05) is 25.8 Å². The predicted molar refractivity (Wildman–Crippen MR) is 116 cm³/mol. The number of nitrogens with one attached hydrogen (secondary N) is 2. The first kappa shape index (κ1) is 24.4. The van der Waals surface area contributed by atoms with Crippen LogP contribution in [0.1, 0.15) is 64.7 Å². The van der Waals surface area contributed by atoms with Crippen molar-refractivity contribution in [3.05, 3.63) is 12.7 Å². The fraction of sp³-hybridized carbons (Fsp3) is 0.652. The standard InChI is InChI=1S/C23H33N3O5/c1-4-7-9-13-19(27)24-17(11-8-5-2)21(29)26-14-10-12-18(26)20(28)25-23(22(30)31)15-16(23)6-3/h1,6,16-18H,3,5,7-15H2,2H3,(H,24,27)(H,25,28)(H,30,31)/t16?,17-,18-,23+/m0/s1. The lowest BCUT2D eigenvalue weighted by Gasteiger charge is -2.29. The minimum Gasteiger partial charge on any atom is -0.479 e. The molecular formula is C23H33N3O5. The SMILES string of the molecule is C#CCCCC(=O)N[C@@H](CCCC)C(=O)N1CCC[C@H]1C(=O)N[C@]1(C(=O)O)CC1C=C. The Morgan fingerprint density at radius 3 is 2.68 bits per heavy atom. The lowest BCUT2D eigenvalue weighted by molar-refractivity contribution is -0.146. The third-order valence-electron chi connectivity index (χ3n) is 6.07. The molecule has 31 heavy (non-hydrogen) atoms. The van der Waals surface area contributed by atoms with Gasteiger partial charge in [0.15, 0.2) is 0 Å². The minimum absolute atomic E-state index is 0.235. The minimum atomic E-state index is -1.33. The molecule has 0 radical (unpaired) electrons. The summed E-state index contributed by atoms with van der Waals surface area (Å²) in [5, 5.41) is 15.0. The molecule has 1 aliphatic heterocycles. The molecule has 1 heterocycles. The number of amides is 3. The molecule has 1 saturated heterocycles. The molecule has 3 amide bonds. The number of carboxylic acid groups (broad SMARTS) is 1. The lowest BCUT2D eigenvalue weighted by atomic mass is 10.1. The molecular weight excluding hydrogens is 398 g/mol. The van der Waals surface area contributed by atoms with Gasteiger partial charge in [0, 0.05) is 25.3 Å². The second-order valence-electron chi connectivity index (χ2n) is 8.32. The van der Waals surface area contributed by atoms with Crippen LogP contribution in [0.2, 0.25) is 0 Å². The van der Waals surface area contributed by atoms with Crippen molar-refractivity contribution in [2.75, 3.05) is 6.54 Å². The van der Waals surface area contributed by atoms with Crippen molar-refractivity contribution < 1.29 is 24.3 Å². The van der Waals surface area contributed by atoms with Gasteiger partial charge in [-0.3, -0.25) is 14.4 Å². The second kappa shape index (κ2) is 11.0. The zero-order chi connectivity index (χ0) is 23.0. The molecule has 0 aromatic rings. The van der Waals surface area contributed by atoms with Crippen LogP contribution >= 0.6 is 0 Å². The van der Waals surface area contributed by atoms with E-state index in [0.29, 0.717) is 45.1 Å². The summed E-state index contributed by atoms with van der Waals surface area (Å²) < 4.78 is 0. The summed E-state index contributed by atoms with van der Waals surface area (Å²) >= 11 is 0. The number of carbonyl (C=O) groups is 4. The molecule has 1 unspecified atom stereocenters. The van der Waals surface area contributed by atoms with Gasteiger partial charge in [0.05, 0.1) is 0 Å². The quantitative estimate of drug-likeness (QED) is 0.247. The Morgan fingerprint density at radius 1 is 1.35 bits per heavy atom. The van der Waals surface area contributed by atoms with Crippen LogP contribution in [-0.2, 0) is 19.2 Å². The lowest BCUT2D eigenvalue weighted by Crippen LogP contribution is -2.56. The summed E-state index contributed by atoms with van der Waals surface area (Å²) in [4.78, 5) is 51.6. The van der Waals surface area contributed by atoms with Crippen LogP contribution in [-0.4, -0.2) is 57.9 Å². The average Bonchev–Trinajstić information content (AvgIpc) is 3.24. The third-order valence-corrected chi connectivity index (χ3v) is 6.07.